The van der Waals surface area contributed by atoms with Crippen LogP contribution in [0.4, 0.5) is 11.6 Å². The number of hydrazone groups is 1. The minimum atomic E-state index is 0.666. The number of nitrogens with one attached hydrogen (secondary N) is 1. The average Bonchev–Trinajstić information content (AvgIpc) is 3.24. The van der Waals surface area contributed by atoms with E-state index in [9.17, 15) is 0 Å². The van der Waals surface area contributed by atoms with Gasteiger partial charge >= 0.3 is 0 Å². The molecule has 0 saturated carbocycles. The maximum absolute atomic E-state index is 5.53. The fraction of sp³-hybridized carbons (Fsp3) is 0.217. The Morgan fingerprint density at radius 3 is 2.71 bits per heavy atom. The molecule has 1 aliphatic rings. The van der Waals surface area contributed by atoms with Gasteiger partial charge in [-0.15, -0.1) is 0 Å². The first-order valence-electron chi connectivity index (χ1n) is 10.3. The van der Waals surface area contributed by atoms with E-state index in [0.717, 1.165) is 41.4 Å². The lowest BCUT2D eigenvalue weighted by molar-refractivity contribution is 0.122. The van der Waals surface area contributed by atoms with Crippen molar-refractivity contribution < 1.29 is 4.74 Å². The largest absolute Gasteiger partial charge is 0.378 e. The summed E-state index contributed by atoms with van der Waals surface area (Å²) in [5, 5.41) is 9.21. The number of hydrogen-bond acceptors (Lipinski definition) is 7. The summed E-state index contributed by atoms with van der Waals surface area (Å²) in [5.74, 6) is 1.63. The van der Waals surface area contributed by atoms with Gasteiger partial charge in [-0.3, -0.25) is 10.4 Å². The summed E-state index contributed by atoms with van der Waals surface area (Å²) in [4.78, 5) is 11.1. The lowest BCUT2D eigenvalue weighted by atomic mass is 10.2. The fourth-order valence-corrected chi connectivity index (χ4v) is 3.62. The first-order chi connectivity index (χ1) is 15.3. The maximum atomic E-state index is 5.53. The number of anilines is 2. The number of aryl methyl sites for hydroxylation is 1. The van der Waals surface area contributed by atoms with Crippen LogP contribution in [0.1, 0.15) is 11.1 Å². The third-order valence-corrected chi connectivity index (χ3v) is 5.15. The minimum absolute atomic E-state index is 0.666. The van der Waals surface area contributed by atoms with Crippen LogP contribution in [0.2, 0.25) is 0 Å². The second kappa shape index (κ2) is 8.53. The van der Waals surface area contributed by atoms with Gasteiger partial charge in [0.25, 0.3) is 0 Å². The summed E-state index contributed by atoms with van der Waals surface area (Å²) in [7, 11) is 0. The molecule has 5 rings (SSSR count). The van der Waals surface area contributed by atoms with E-state index in [2.05, 4.69) is 39.5 Å². The zero-order valence-corrected chi connectivity index (χ0v) is 17.3. The van der Waals surface area contributed by atoms with E-state index in [1.807, 2.05) is 40.9 Å². The third kappa shape index (κ3) is 4.24. The maximum Gasteiger partial charge on any atom is 0.160 e. The molecule has 1 aliphatic heterocycles. The zero-order chi connectivity index (χ0) is 21.0. The Labute approximate surface area is 180 Å². The molecule has 0 unspecified atom stereocenters. The quantitative estimate of drug-likeness (QED) is 0.399. The van der Waals surface area contributed by atoms with Crippen molar-refractivity contribution in [1.29, 1.82) is 0 Å². The first-order valence-corrected chi connectivity index (χ1v) is 10.3. The van der Waals surface area contributed by atoms with Gasteiger partial charge in [-0.05, 0) is 24.6 Å². The molecule has 3 aromatic heterocycles. The Kier molecular flexibility index (Phi) is 5.28. The molecule has 1 saturated heterocycles. The third-order valence-electron chi connectivity index (χ3n) is 5.15. The van der Waals surface area contributed by atoms with Gasteiger partial charge in [0.15, 0.2) is 11.5 Å². The van der Waals surface area contributed by atoms with Crippen LogP contribution in [-0.4, -0.2) is 52.1 Å². The molecule has 0 spiro atoms. The molecule has 1 N–H and O–H groups in total. The van der Waals surface area contributed by atoms with Crippen molar-refractivity contribution in [3.63, 3.8) is 0 Å². The van der Waals surface area contributed by atoms with Gasteiger partial charge in [-0.2, -0.15) is 14.7 Å². The lowest BCUT2D eigenvalue weighted by Gasteiger charge is -2.29. The molecule has 1 aromatic carbocycles. The summed E-state index contributed by atoms with van der Waals surface area (Å²) in [6, 6.07) is 16.0. The van der Waals surface area contributed by atoms with Gasteiger partial charge in [0.1, 0.15) is 5.82 Å². The van der Waals surface area contributed by atoms with Gasteiger partial charge in [-0.25, -0.2) is 4.98 Å². The molecule has 4 aromatic rings. The molecule has 0 aliphatic carbocycles. The summed E-state index contributed by atoms with van der Waals surface area (Å²) < 4.78 is 7.41. The molecule has 0 amide bonds. The van der Waals surface area contributed by atoms with E-state index >= 15 is 0 Å². The molecule has 8 nitrogen and oxygen atoms in total. The van der Waals surface area contributed by atoms with Crippen LogP contribution in [0.3, 0.4) is 0 Å². The highest BCUT2D eigenvalue weighted by Crippen LogP contribution is 2.25. The van der Waals surface area contributed by atoms with E-state index in [0.29, 0.717) is 19.0 Å². The summed E-state index contributed by atoms with van der Waals surface area (Å²) in [5.41, 5.74) is 7.92. The molecule has 4 heterocycles. The van der Waals surface area contributed by atoms with Crippen molar-refractivity contribution in [3.05, 3.63) is 72.1 Å². The van der Waals surface area contributed by atoms with Gasteiger partial charge < -0.3 is 9.64 Å². The number of hydrogen-bond donors (Lipinski definition) is 1. The Morgan fingerprint density at radius 2 is 1.90 bits per heavy atom. The van der Waals surface area contributed by atoms with Crippen LogP contribution in [0.15, 0.2) is 66.0 Å². The van der Waals surface area contributed by atoms with E-state index < -0.39 is 0 Å². The molecule has 0 atom stereocenters. The molecule has 156 valence electrons. The number of morpholine rings is 1. The van der Waals surface area contributed by atoms with Crippen molar-refractivity contribution in [1.82, 2.24) is 19.6 Å². The van der Waals surface area contributed by atoms with Crippen LogP contribution in [0.5, 0.6) is 0 Å². The number of aromatic nitrogens is 4. The van der Waals surface area contributed by atoms with Crippen molar-refractivity contribution in [3.8, 4) is 11.3 Å². The smallest absolute Gasteiger partial charge is 0.160 e. The molecule has 0 radical (unpaired) electrons. The van der Waals surface area contributed by atoms with E-state index in [4.69, 9.17) is 14.8 Å². The van der Waals surface area contributed by atoms with Gasteiger partial charge in [0.05, 0.1) is 25.1 Å². The van der Waals surface area contributed by atoms with Crippen molar-refractivity contribution in [2.24, 2.45) is 5.10 Å². The van der Waals surface area contributed by atoms with Gasteiger partial charge in [0, 0.05) is 43.2 Å². The van der Waals surface area contributed by atoms with Gasteiger partial charge in [0.2, 0.25) is 0 Å². The fourth-order valence-electron chi connectivity index (χ4n) is 3.62. The summed E-state index contributed by atoms with van der Waals surface area (Å²) in [6.07, 6.45) is 5.33. The number of pyridine rings is 1. The molecule has 1 fully saturated rings. The number of fused-ring (bicyclic) bond motifs is 1. The Morgan fingerprint density at radius 1 is 1.06 bits per heavy atom. The summed E-state index contributed by atoms with van der Waals surface area (Å²) in [6.45, 7) is 5.05. The Hall–Kier alpha value is -3.78. The van der Waals surface area contributed by atoms with Crippen molar-refractivity contribution >= 4 is 23.5 Å². The minimum Gasteiger partial charge on any atom is -0.378 e. The highest BCUT2D eigenvalue weighted by molar-refractivity contribution is 5.80. The van der Waals surface area contributed by atoms with Crippen LogP contribution < -0.4 is 10.3 Å². The number of benzene rings is 1. The lowest BCUT2D eigenvalue weighted by Crippen LogP contribution is -2.37. The topological polar surface area (TPSA) is 79.9 Å². The van der Waals surface area contributed by atoms with E-state index in [1.54, 1.807) is 18.6 Å². The molecular formula is C23H23N7O. The van der Waals surface area contributed by atoms with E-state index in [1.165, 1.54) is 5.56 Å². The highest BCUT2D eigenvalue weighted by atomic mass is 16.5. The second-order valence-electron chi connectivity index (χ2n) is 7.42. The number of ether oxygens (including phenoxy) is 1. The summed E-state index contributed by atoms with van der Waals surface area (Å²) >= 11 is 0. The second-order valence-corrected chi connectivity index (χ2v) is 7.42. The number of rotatable bonds is 5. The van der Waals surface area contributed by atoms with Crippen molar-refractivity contribution in [2.45, 2.75) is 6.92 Å². The normalized spacial score (nSPS) is 14.4. The number of nitrogens with zero attached hydrogens (tertiary/aromatic N) is 6. The Balaban J connectivity index is 1.50. The molecule has 0 bridgehead atoms. The molecule has 8 heteroatoms. The first kappa shape index (κ1) is 19.2. The molecular weight excluding hydrogens is 390 g/mol. The SMILES string of the molecule is Cc1cccc(C=NNc2cc(N3CCOCC3)n3nc(-c4ccncc4)cc3n2)c1. The van der Waals surface area contributed by atoms with Crippen LogP contribution >= 0.6 is 0 Å². The molecule has 31 heavy (non-hydrogen) atoms. The van der Waals surface area contributed by atoms with Crippen LogP contribution in [0, 0.1) is 6.92 Å². The Bertz CT molecular complexity index is 1210. The van der Waals surface area contributed by atoms with E-state index in [-0.39, 0.29) is 0 Å². The monoisotopic (exact) mass is 413 g/mol. The standard InChI is InChI=1S/C23H23N7O/c1-17-3-2-4-18(13-17)16-25-27-21-15-23(29-9-11-31-12-10-29)30-22(26-21)14-20(28-30)19-5-7-24-8-6-19/h2-8,13-16H,9-12H2,1H3,(H,26,27). The van der Waals surface area contributed by atoms with Crippen LogP contribution in [0.25, 0.3) is 16.9 Å². The highest BCUT2D eigenvalue weighted by Gasteiger charge is 2.18. The predicted molar refractivity (Wildman–Crippen MR) is 122 cm³/mol. The predicted octanol–water partition coefficient (Wildman–Crippen LogP) is 3.38. The van der Waals surface area contributed by atoms with Gasteiger partial charge in [-0.1, -0.05) is 29.8 Å². The van der Waals surface area contributed by atoms with Crippen molar-refractivity contribution in [2.75, 3.05) is 36.6 Å². The van der Waals surface area contributed by atoms with Crippen LogP contribution in [-0.2, 0) is 4.74 Å². The zero-order valence-electron chi connectivity index (χ0n) is 17.3. The average molecular weight is 413 g/mol.